The molecule has 2 aliphatic heterocycles. The summed E-state index contributed by atoms with van der Waals surface area (Å²) in [5, 5.41) is 31.5. The molecular formula is C56H66N4O12Si. The van der Waals surface area contributed by atoms with Gasteiger partial charge in [-0.3, -0.25) is 19.6 Å². The van der Waals surface area contributed by atoms with Gasteiger partial charge >= 0.3 is 0 Å². The number of benzene rings is 4. The Morgan fingerprint density at radius 3 is 1.51 bits per heavy atom. The van der Waals surface area contributed by atoms with Crippen LogP contribution in [0.5, 0.6) is 34.5 Å². The average molecular weight is 1020 g/mol. The van der Waals surface area contributed by atoms with Gasteiger partial charge in [-0.1, -0.05) is 93.6 Å². The van der Waals surface area contributed by atoms with Gasteiger partial charge in [-0.2, -0.15) is 0 Å². The first-order chi connectivity index (χ1) is 35.4. The van der Waals surface area contributed by atoms with E-state index >= 15 is 0 Å². The fourth-order valence-corrected chi connectivity index (χ4v) is 13.8. The molecule has 0 bridgehead atoms. The van der Waals surface area contributed by atoms with E-state index in [4.69, 9.17) is 32.8 Å². The minimum Gasteiger partial charge on any atom is -0.504 e. The van der Waals surface area contributed by atoms with Crippen molar-refractivity contribution in [2.45, 2.75) is 50.7 Å². The summed E-state index contributed by atoms with van der Waals surface area (Å²) >= 11 is 0. The van der Waals surface area contributed by atoms with E-state index in [-0.39, 0.29) is 71.8 Å². The van der Waals surface area contributed by atoms with E-state index in [1.807, 2.05) is 18.2 Å². The van der Waals surface area contributed by atoms with Gasteiger partial charge in [0.1, 0.15) is 13.2 Å². The monoisotopic (exact) mass is 1010 g/mol. The van der Waals surface area contributed by atoms with Crippen molar-refractivity contribution in [1.82, 2.24) is 19.8 Å². The number of amides is 2. The number of carbonyl (C=O) groups excluding carboxylic acids is 2. The van der Waals surface area contributed by atoms with Crippen molar-refractivity contribution in [2.24, 2.45) is 0 Å². The molecule has 0 spiro atoms. The summed E-state index contributed by atoms with van der Waals surface area (Å²) in [4.78, 5) is 39.6. The molecule has 0 radical (unpaired) electrons. The summed E-state index contributed by atoms with van der Waals surface area (Å²) in [6.45, 7) is 9.85. The summed E-state index contributed by atoms with van der Waals surface area (Å²) in [6.07, 6.45) is 4.13. The second kappa shape index (κ2) is 25.6. The molecule has 8 rings (SSSR count). The van der Waals surface area contributed by atoms with Crippen molar-refractivity contribution < 1.29 is 57.8 Å². The number of carbonyl (C=O) groups is 2. The molecule has 2 aliphatic rings. The normalized spacial score (nSPS) is 15.9. The van der Waals surface area contributed by atoms with Crippen molar-refractivity contribution in [1.29, 1.82) is 0 Å². The number of morpholine rings is 2. The number of phenolic OH excluding ortho intramolecular Hbond substituents is 2. The highest BCUT2D eigenvalue weighted by Gasteiger charge is 2.50. The lowest BCUT2D eigenvalue weighted by molar-refractivity contribution is -0.0154. The number of phenols is 2. The van der Waals surface area contributed by atoms with Gasteiger partial charge in [-0.15, -0.1) is 0 Å². The zero-order valence-corrected chi connectivity index (χ0v) is 43.1. The smallest absolute Gasteiger partial charge is 0.261 e. The third-order valence-corrected chi connectivity index (χ3v) is 17.9. The molecule has 2 fully saturated rings. The zero-order chi connectivity index (χ0) is 51.8. The summed E-state index contributed by atoms with van der Waals surface area (Å²) in [5.74, 6) is 0.970. The van der Waals surface area contributed by atoms with Crippen LogP contribution < -0.4 is 29.3 Å². The molecule has 0 aliphatic carbocycles. The molecule has 73 heavy (non-hydrogen) atoms. The molecule has 4 aromatic carbocycles. The molecule has 0 saturated carbocycles. The minimum atomic E-state index is -2.73. The predicted octanol–water partition coefficient (Wildman–Crippen LogP) is 6.09. The maximum Gasteiger partial charge on any atom is 0.261 e. The van der Waals surface area contributed by atoms with Crippen molar-refractivity contribution in [2.75, 3.05) is 80.2 Å². The van der Waals surface area contributed by atoms with Gasteiger partial charge in [0, 0.05) is 51.5 Å². The molecule has 2 saturated heterocycles. The first-order valence-electron chi connectivity index (χ1n) is 24.4. The molecular weight excluding hydrogens is 949 g/mol. The third-order valence-electron chi connectivity index (χ3n) is 12.8. The van der Waals surface area contributed by atoms with Crippen LogP contribution in [0.1, 0.15) is 52.9 Å². The Kier molecular flexibility index (Phi) is 18.8. The van der Waals surface area contributed by atoms with E-state index < -0.39 is 8.32 Å². The first kappa shape index (κ1) is 53.8. The van der Waals surface area contributed by atoms with Crippen LogP contribution in [-0.4, -0.2) is 147 Å². The number of para-hydroxylation sites is 2. The minimum absolute atomic E-state index is 0.0110. The van der Waals surface area contributed by atoms with Crippen LogP contribution in [0.25, 0.3) is 0 Å². The Hall–Kier alpha value is -7.02. The van der Waals surface area contributed by atoms with Crippen molar-refractivity contribution >= 4 is 30.5 Å². The Morgan fingerprint density at radius 2 is 1.08 bits per heavy atom. The Bertz CT molecular complexity index is 2690. The highest BCUT2D eigenvalue weighted by Crippen LogP contribution is 2.39. The molecule has 386 valence electrons. The van der Waals surface area contributed by atoms with Crippen LogP contribution >= 0.6 is 0 Å². The Morgan fingerprint density at radius 1 is 0.630 bits per heavy atom. The molecule has 2 amide bonds. The van der Waals surface area contributed by atoms with Gasteiger partial charge in [0.2, 0.25) is 11.5 Å². The van der Waals surface area contributed by atoms with E-state index in [9.17, 15) is 24.9 Å². The van der Waals surface area contributed by atoms with Crippen molar-refractivity contribution in [3.05, 3.63) is 156 Å². The SMILES string of the molecule is COc1c(O)cccc1OC[C@@H]1COCCN1C(=O)c1cccnc1CCO.COc1c(O)cccc1OC[C@@H]1COCCN1C(=O)c1cccnc1CCO[Si](c1ccccc1)(c1ccccc1)C(C)(C)C. The lowest BCUT2D eigenvalue weighted by Crippen LogP contribution is -2.66. The highest BCUT2D eigenvalue weighted by atomic mass is 28.4. The number of nitrogens with zero attached hydrogens (tertiary/aromatic N) is 4. The maximum absolute atomic E-state index is 14.1. The summed E-state index contributed by atoms with van der Waals surface area (Å²) in [5.41, 5.74) is 2.28. The van der Waals surface area contributed by atoms with Gasteiger partial charge in [-0.25, -0.2) is 0 Å². The third kappa shape index (κ3) is 12.8. The Balaban J connectivity index is 0.000000239. The molecule has 6 aromatic rings. The summed E-state index contributed by atoms with van der Waals surface area (Å²) in [7, 11) is 0.196. The van der Waals surface area contributed by atoms with Crippen LogP contribution in [0.4, 0.5) is 0 Å². The van der Waals surface area contributed by atoms with Gasteiger partial charge in [0.05, 0.1) is 75.2 Å². The summed E-state index contributed by atoms with van der Waals surface area (Å²) in [6, 6.07) is 37.3. The van der Waals surface area contributed by atoms with Crippen molar-refractivity contribution in [3.63, 3.8) is 0 Å². The summed E-state index contributed by atoms with van der Waals surface area (Å²) < 4.78 is 40.7. The molecule has 17 heteroatoms. The number of methoxy groups -OCH3 is 2. The number of hydrogen-bond donors (Lipinski definition) is 3. The highest BCUT2D eigenvalue weighted by molar-refractivity contribution is 6.99. The quantitative estimate of drug-likeness (QED) is 0.0839. The fraction of sp³-hybridized carbons (Fsp3) is 0.357. The largest absolute Gasteiger partial charge is 0.504 e. The van der Waals surface area contributed by atoms with Crippen LogP contribution in [0.15, 0.2) is 134 Å². The van der Waals surface area contributed by atoms with Crippen molar-refractivity contribution in [3.8, 4) is 34.5 Å². The number of aromatic nitrogens is 2. The lowest BCUT2D eigenvalue weighted by Gasteiger charge is -2.43. The number of hydrogen-bond acceptors (Lipinski definition) is 14. The van der Waals surface area contributed by atoms with Crippen LogP contribution in [0.3, 0.4) is 0 Å². The lowest BCUT2D eigenvalue weighted by atomic mass is 10.1. The standard InChI is InChI=1S/C36H42N2O6Si.C20H24N2O6/c1-36(2,3)45(28-13-7-5-8-14-28,29-15-9-6-10-16-29)44-23-20-31-30(17-12-21-37-31)35(40)38-22-24-42-25-27(38)26-43-33-19-11-18-32(39)34(33)41-4;1-26-19-17(24)5-2-6-18(19)28-13-14-12-27-11-9-22(14)20(25)15-4-3-8-21-16(15)7-10-23/h5-19,21,27,39H,20,22-26H2,1-4H3;2-6,8,14,23-24H,7,9-13H2,1H3/t27-;14-/m00/s1. The number of ether oxygens (including phenoxy) is 6. The van der Waals surface area contributed by atoms with E-state index in [1.54, 1.807) is 64.7 Å². The van der Waals surface area contributed by atoms with Gasteiger partial charge in [0.15, 0.2) is 23.0 Å². The zero-order valence-electron chi connectivity index (χ0n) is 42.1. The second-order valence-electron chi connectivity index (χ2n) is 18.4. The van der Waals surface area contributed by atoms with E-state index in [0.717, 1.165) is 0 Å². The molecule has 2 aromatic heterocycles. The first-order valence-corrected chi connectivity index (χ1v) is 26.3. The average Bonchev–Trinajstić information content (AvgIpc) is 3.41. The number of aromatic hydroxyl groups is 2. The molecule has 0 unspecified atom stereocenters. The fourth-order valence-electron chi connectivity index (χ4n) is 9.28. The van der Waals surface area contributed by atoms with Crippen LogP contribution in [-0.2, 0) is 26.7 Å². The topological polar surface area (TPSA) is 192 Å². The number of aliphatic hydroxyl groups is 1. The second-order valence-corrected chi connectivity index (χ2v) is 22.7. The van der Waals surface area contributed by atoms with E-state index in [1.165, 1.54) is 36.7 Å². The van der Waals surface area contributed by atoms with E-state index in [0.29, 0.717) is 93.0 Å². The predicted molar refractivity (Wildman–Crippen MR) is 278 cm³/mol. The molecule has 2 atom stereocenters. The number of pyridine rings is 2. The molecule has 3 N–H and O–H groups in total. The number of aliphatic hydroxyl groups excluding tert-OH is 1. The molecule has 4 heterocycles. The molecule has 16 nitrogen and oxygen atoms in total. The maximum atomic E-state index is 14.1. The van der Waals surface area contributed by atoms with Gasteiger partial charge < -0.3 is 58.0 Å². The number of rotatable bonds is 18. The Labute approximate surface area is 428 Å². The van der Waals surface area contributed by atoms with Crippen LogP contribution in [0, 0.1) is 0 Å². The van der Waals surface area contributed by atoms with Crippen LogP contribution in [0.2, 0.25) is 5.04 Å². The van der Waals surface area contributed by atoms with Gasteiger partial charge in [0.25, 0.3) is 20.1 Å². The van der Waals surface area contributed by atoms with Gasteiger partial charge in [-0.05, 0) is 63.9 Å². The van der Waals surface area contributed by atoms with E-state index in [2.05, 4.69) is 79.3 Å².